The predicted octanol–water partition coefficient (Wildman–Crippen LogP) is 1.68. The number of benzene rings is 1. The number of nitrogens with one attached hydrogen (secondary N) is 1. The van der Waals surface area contributed by atoms with Gasteiger partial charge in [0.05, 0.1) is 6.10 Å². The van der Waals surface area contributed by atoms with E-state index in [1.807, 2.05) is 30.3 Å². The van der Waals surface area contributed by atoms with Gasteiger partial charge < -0.3 is 15.3 Å². The van der Waals surface area contributed by atoms with E-state index >= 15 is 0 Å². The van der Waals surface area contributed by atoms with Crippen LogP contribution in [0.5, 0.6) is 0 Å². The molecule has 2 aliphatic rings. The van der Waals surface area contributed by atoms with E-state index in [4.69, 9.17) is 0 Å². The predicted molar refractivity (Wildman–Crippen MR) is 103 cm³/mol. The Morgan fingerprint density at radius 2 is 1.78 bits per heavy atom. The summed E-state index contributed by atoms with van der Waals surface area (Å²) in [5, 5.41) is 13.5. The molecule has 1 aromatic carbocycles. The number of anilines is 2. The molecule has 1 unspecified atom stereocenters. The third-order valence-corrected chi connectivity index (χ3v) is 5.15. The molecule has 4 rings (SSSR count). The van der Waals surface area contributed by atoms with Gasteiger partial charge in [-0.05, 0) is 36.6 Å². The van der Waals surface area contributed by atoms with E-state index in [-0.39, 0.29) is 11.8 Å². The Morgan fingerprint density at radius 1 is 1.11 bits per heavy atom. The highest BCUT2D eigenvalue weighted by molar-refractivity contribution is 5.94. The molecule has 1 saturated carbocycles. The summed E-state index contributed by atoms with van der Waals surface area (Å²) in [5.41, 5.74) is 1.66. The van der Waals surface area contributed by atoms with Gasteiger partial charge in [0, 0.05) is 56.7 Å². The third-order valence-electron chi connectivity index (χ3n) is 5.15. The highest BCUT2D eigenvalue weighted by atomic mass is 16.3. The molecule has 0 bridgehead atoms. The third kappa shape index (κ3) is 4.61. The van der Waals surface area contributed by atoms with Crippen LogP contribution in [0.3, 0.4) is 0 Å². The molecule has 0 spiro atoms. The molecule has 1 amide bonds. The van der Waals surface area contributed by atoms with Crippen molar-refractivity contribution in [1.29, 1.82) is 0 Å². The van der Waals surface area contributed by atoms with Crippen LogP contribution in [-0.4, -0.2) is 58.6 Å². The molecule has 27 heavy (non-hydrogen) atoms. The van der Waals surface area contributed by atoms with Crippen LogP contribution < -0.4 is 10.2 Å². The number of aliphatic hydroxyl groups is 1. The zero-order valence-electron chi connectivity index (χ0n) is 15.3. The maximum absolute atomic E-state index is 11.8. The van der Waals surface area contributed by atoms with Crippen molar-refractivity contribution in [2.45, 2.75) is 18.9 Å². The maximum Gasteiger partial charge on any atom is 0.227 e. The quantitative estimate of drug-likeness (QED) is 0.809. The second-order valence-electron chi connectivity index (χ2n) is 7.24. The van der Waals surface area contributed by atoms with E-state index in [0.717, 1.165) is 56.2 Å². The Kier molecular flexibility index (Phi) is 5.31. The molecule has 2 aromatic rings. The number of hydrogen-bond donors (Lipinski definition) is 2. The fourth-order valence-electron chi connectivity index (χ4n) is 3.31. The van der Waals surface area contributed by atoms with Gasteiger partial charge >= 0.3 is 0 Å². The number of β-amino-alcohol motifs (C(OH)–C–C–N with tert-alkyl or cyclic N) is 1. The summed E-state index contributed by atoms with van der Waals surface area (Å²) in [4.78, 5) is 24.8. The first-order chi connectivity index (χ1) is 13.2. The van der Waals surface area contributed by atoms with Crippen LogP contribution in [-0.2, 0) is 4.79 Å². The van der Waals surface area contributed by atoms with Gasteiger partial charge in [-0.25, -0.2) is 9.97 Å². The second kappa shape index (κ2) is 8.02. The first-order valence-electron chi connectivity index (χ1n) is 9.52. The van der Waals surface area contributed by atoms with E-state index < -0.39 is 6.10 Å². The number of carbonyl (C=O) groups excluding carboxylic acids is 1. The van der Waals surface area contributed by atoms with Gasteiger partial charge in [-0.15, -0.1) is 0 Å². The molecular weight excluding hydrogens is 342 g/mol. The van der Waals surface area contributed by atoms with Crippen molar-refractivity contribution >= 4 is 17.5 Å². The van der Waals surface area contributed by atoms with Crippen molar-refractivity contribution in [3.8, 4) is 0 Å². The van der Waals surface area contributed by atoms with Gasteiger partial charge in [0.2, 0.25) is 11.9 Å². The molecule has 1 aromatic heterocycles. The molecule has 0 radical (unpaired) electrons. The standard InChI is InChI=1S/C20H25N5O2/c26-18(15-4-6-17(7-5-15)23-19(27)16-2-3-16)14-24-10-12-25(13-11-24)20-21-8-1-9-22-20/h1,4-9,16,18,26H,2-3,10-14H2,(H,23,27). The topological polar surface area (TPSA) is 81.6 Å². The minimum absolute atomic E-state index is 0.101. The Labute approximate surface area is 159 Å². The highest BCUT2D eigenvalue weighted by Crippen LogP contribution is 2.30. The molecule has 2 fully saturated rings. The van der Waals surface area contributed by atoms with E-state index in [1.54, 1.807) is 12.4 Å². The number of amides is 1. The molecule has 1 aliphatic carbocycles. The Bertz CT molecular complexity index is 756. The SMILES string of the molecule is O=C(Nc1ccc(C(O)CN2CCN(c3ncccn3)CC2)cc1)C1CC1. The summed E-state index contributed by atoms with van der Waals surface area (Å²) in [7, 11) is 0. The molecule has 1 atom stereocenters. The van der Waals surface area contributed by atoms with Crippen molar-refractivity contribution in [3.63, 3.8) is 0 Å². The summed E-state index contributed by atoms with van der Waals surface area (Å²) in [6.45, 7) is 4.03. The average Bonchev–Trinajstić information content (AvgIpc) is 3.55. The lowest BCUT2D eigenvalue weighted by Crippen LogP contribution is -2.48. The van der Waals surface area contributed by atoms with Gasteiger partial charge in [-0.1, -0.05) is 12.1 Å². The van der Waals surface area contributed by atoms with E-state index in [9.17, 15) is 9.90 Å². The second-order valence-corrected chi connectivity index (χ2v) is 7.24. The molecule has 7 nitrogen and oxygen atoms in total. The van der Waals surface area contributed by atoms with Gasteiger partial charge in [-0.2, -0.15) is 0 Å². The van der Waals surface area contributed by atoms with Gasteiger partial charge in [0.1, 0.15) is 0 Å². The molecule has 7 heteroatoms. The minimum atomic E-state index is -0.544. The van der Waals surface area contributed by atoms with Gasteiger partial charge in [0.25, 0.3) is 0 Å². The van der Waals surface area contributed by atoms with Crippen molar-refractivity contribution < 1.29 is 9.90 Å². The smallest absolute Gasteiger partial charge is 0.227 e. The number of rotatable bonds is 6. The van der Waals surface area contributed by atoms with Crippen LogP contribution in [0.25, 0.3) is 0 Å². The lowest BCUT2D eigenvalue weighted by Gasteiger charge is -2.35. The molecule has 142 valence electrons. The summed E-state index contributed by atoms with van der Waals surface area (Å²) >= 11 is 0. The summed E-state index contributed by atoms with van der Waals surface area (Å²) in [6.07, 6.45) is 4.96. The van der Waals surface area contributed by atoms with E-state index in [2.05, 4.69) is 25.1 Å². The zero-order valence-corrected chi connectivity index (χ0v) is 15.3. The van der Waals surface area contributed by atoms with Gasteiger partial charge in [-0.3, -0.25) is 9.69 Å². The van der Waals surface area contributed by atoms with Crippen molar-refractivity contribution in [2.75, 3.05) is 42.9 Å². The normalized spacial score (nSPS) is 18.9. The zero-order chi connectivity index (χ0) is 18.6. The fraction of sp³-hybridized carbons (Fsp3) is 0.450. The van der Waals surface area contributed by atoms with Crippen molar-refractivity contribution in [1.82, 2.24) is 14.9 Å². The largest absolute Gasteiger partial charge is 0.387 e. The van der Waals surface area contributed by atoms with Crippen LogP contribution in [0.15, 0.2) is 42.7 Å². The van der Waals surface area contributed by atoms with Crippen LogP contribution in [0.4, 0.5) is 11.6 Å². The van der Waals surface area contributed by atoms with E-state index in [0.29, 0.717) is 6.54 Å². The minimum Gasteiger partial charge on any atom is -0.387 e. The molecule has 2 heterocycles. The summed E-state index contributed by atoms with van der Waals surface area (Å²) in [6, 6.07) is 9.33. The monoisotopic (exact) mass is 367 g/mol. The van der Waals surface area contributed by atoms with E-state index in [1.165, 1.54) is 0 Å². The maximum atomic E-state index is 11.8. The molecule has 1 aliphatic heterocycles. The number of aromatic nitrogens is 2. The lowest BCUT2D eigenvalue weighted by molar-refractivity contribution is -0.117. The summed E-state index contributed by atoms with van der Waals surface area (Å²) < 4.78 is 0. The lowest BCUT2D eigenvalue weighted by atomic mass is 10.1. The highest BCUT2D eigenvalue weighted by Gasteiger charge is 2.29. The number of piperazine rings is 1. The Hall–Kier alpha value is -2.51. The Balaban J connectivity index is 1.26. The number of hydrogen-bond acceptors (Lipinski definition) is 6. The number of nitrogens with zero attached hydrogens (tertiary/aromatic N) is 4. The van der Waals surface area contributed by atoms with Gasteiger partial charge in [0.15, 0.2) is 0 Å². The molecular formula is C20H25N5O2. The van der Waals surface area contributed by atoms with Crippen molar-refractivity contribution in [3.05, 3.63) is 48.3 Å². The fourth-order valence-corrected chi connectivity index (χ4v) is 3.31. The average molecular weight is 367 g/mol. The van der Waals surface area contributed by atoms with Crippen LogP contribution in [0.1, 0.15) is 24.5 Å². The molecule has 1 saturated heterocycles. The summed E-state index contributed by atoms with van der Waals surface area (Å²) in [5.74, 6) is 1.06. The van der Waals surface area contributed by atoms with Crippen LogP contribution in [0, 0.1) is 5.92 Å². The first-order valence-corrected chi connectivity index (χ1v) is 9.52. The first kappa shape index (κ1) is 17.9. The van der Waals surface area contributed by atoms with Crippen LogP contribution in [0.2, 0.25) is 0 Å². The molecule has 2 N–H and O–H groups in total. The van der Waals surface area contributed by atoms with Crippen LogP contribution >= 0.6 is 0 Å². The number of aliphatic hydroxyl groups excluding tert-OH is 1. The Morgan fingerprint density at radius 3 is 2.41 bits per heavy atom. The number of carbonyl (C=O) groups is 1. The van der Waals surface area contributed by atoms with Crippen molar-refractivity contribution in [2.24, 2.45) is 5.92 Å².